The van der Waals surface area contributed by atoms with Gasteiger partial charge in [0.15, 0.2) is 17.1 Å². The average molecular weight is 368 g/mol. The van der Waals surface area contributed by atoms with E-state index < -0.39 is 11.4 Å². The van der Waals surface area contributed by atoms with Crippen LogP contribution in [-0.2, 0) is 15.0 Å². The van der Waals surface area contributed by atoms with Gasteiger partial charge in [-0.2, -0.15) is 0 Å². The maximum absolute atomic E-state index is 15.0. The molecule has 0 saturated carbocycles. The molecule has 0 saturated heterocycles. The third-order valence-corrected chi connectivity index (χ3v) is 5.17. The number of amidine groups is 1. The lowest BCUT2D eigenvalue weighted by atomic mass is 9.80. The van der Waals surface area contributed by atoms with Crippen LogP contribution in [0.3, 0.4) is 0 Å². The molecule has 3 N–H and O–H groups in total. The summed E-state index contributed by atoms with van der Waals surface area (Å²) in [5.41, 5.74) is 7.64. The number of rotatable bonds is 1. The number of phenolic OH excluding ortho intramolecular Hbond substituents is 1. The predicted molar refractivity (Wildman–Crippen MR) is 96.3 cm³/mol. The number of nitrogens with two attached hydrogens (primary N) is 1. The van der Waals surface area contributed by atoms with E-state index in [0.29, 0.717) is 36.5 Å². The summed E-state index contributed by atoms with van der Waals surface area (Å²) in [7, 11) is 0. The second kappa shape index (κ2) is 5.72. The van der Waals surface area contributed by atoms with Crippen molar-refractivity contribution < 1.29 is 23.7 Å². The molecule has 3 aliphatic heterocycles. The summed E-state index contributed by atoms with van der Waals surface area (Å²) in [5.74, 6) is 0.101. The quantitative estimate of drug-likeness (QED) is 0.808. The molecule has 0 amide bonds. The molecule has 1 spiro atoms. The van der Waals surface area contributed by atoms with Crippen LogP contribution in [0.5, 0.6) is 17.2 Å². The largest absolute Gasteiger partial charge is 0.508 e. The lowest BCUT2D eigenvalue weighted by Gasteiger charge is -2.34. The number of benzene rings is 2. The van der Waals surface area contributed by atoms with Crippen molar-refractivity contribution in [3.8, 4) is 17.2 Å². The van der Waals surface area contributed by atoms with Gasteiger partial charge in [0.2, 0.25) is 0 Å². The second-order valence-electron chi connectivity index (χ2n) is 6.77. The summed E-state index contributed by atoms with van der Waals surface area (Å²) in [6, 6.07) is 8.00. The van der Waals surface area contributed by atoms with Crippen molar-refractivity contribution in [2.24, 2.45) is 10.7 Å². The van der Waals surface area contributed by atoms with Gasteiger partial charge in [-0.1, -0.05) is 6.08 Å². The van der Waals surface area contributed by atoms with E-state index in [1.165, 1.54) is 12.1 Å². The highest BCUT2D eigenvalue weighted by molar-refractivity contribution is 5.78. The van der Waals surface area contributed by atoms with Crippen molar-refractivity contribution in [2.75, 3.05) is 19.8 Å². The number of ether oxygens (including phenoxy) is 3. The molecule has 2 aromatic rings. The zero-order valence-corrected chi connectivity index (χ0v) is 14.4. The molecule has 0 fully saturated rings. The van der Waals surface area contributed by atoms with Gasteiger partial charge < -0.3 is 25.1 Å². The Kier molecular flexibility index (Phi) is 3.42. The SMILES string of the molecule is NC1=N[C@@]2(CO1)c1cc(O)ccc1Oc1c(F)cc(C3=CCOCC3)cc12. The summed E-state index contributed by atoms with van der Waals surface area (Å²) in [5, 5.41) is 9.99. The normalized spacial score (nSPS) is 23.0. The van der Waals surface area contributed by atoms with Gasteiger partial charge in [0, 0.05) is 11.1 Å². The van der Waals surface area contributed by atoms with Crippen LogP contribution in [-0.4, -0.2) is 30.9 Å². The predicted octanol–water partition coefficient (Wildman–Crippen LogP) is 3.03. The molecule has 27 heavy (non-hydrogen) atoms. The third-order valence-electron chi connectivity index (χ3n) is 5.17. The zero-order chi connectivity index (χ0) is 18.6. The Morgan fingerprint density at radius 2 is 2.07 bits per heavy atom. The number of aromatic hydroxyl groups is 1. The summed E-state index contributed by atoms with van der Waals surface area (Å²) < 4.78 is 31.7. The lowest BCUT2D eigenvalue weighted by molar-refractivity contribution is 0.161. The van der Waals surface area contributed by atoms with Crippen LogP contribution < -0.4 is 10.5 Å². The van der Waals surface area contributed by atoms with Crippen molar-refractivity contribution in [2.45, 2.75) is 12.0 Å². The maximum atomic E-state index is 15.0. The molecule has 1 atom stereocenters. The van der Waals surface area contributed by atoms with Gasteiger partial charge in [-0.3, -0.25) is 0 Å². The van der Waals surface area contributed by atoms with Crippen molar-refractivity contribution in [1.82, 2.24) is 0 Å². The lowest BCUT2D eigenvalue weighted by Crippen LogP contribution is -2.31. The topological polar surface area (TPSA) is 86.3 Å². The molecule has 0 aliphatic carbocycles. The van der Waals surface area contributed by atoms with Gasteiger partial charge >= 0.3 is 0 Å². The number of aliphatic imine (C=N–C) groups is 1. The first-order chi connectivity index (χ1) is 13.1. The molecular formula is C20H17FN2O4. The van der Waals surface area contributed by atoms with Crippen LogP contribution in [0.1, 0.15) is 23.1 Å². The van der Waals surface area contributed by atoms with Crippen LogP contribution in [0.4, 0.5) is 4.39 Å². The number of hydrogen-bond donors (Lipinski definition) is 2. The second-order valence-corrected chi connectivity index (χ2v) is 6.77. The van der Waals surface area contributed by atoms with Crippen LogP contribution in [0.25, 0.3) is 5.57 Å². The first kappa shape index (κ1) is 16.1. The first-order valence-corrected chi connectivity index (χ1v) is 8.67. The van der Waals surface area contributed by atoms with Crippen molar-refractivity contribution in [1.29, 1.82) is 0 Å². The van der Waals surface area contributed by atoms with E-state index in [2.05, 4.69) is 4.99 Å². The van der Waals surface area contributed by atoms with E-state index in [0.717, 1.165) is 11.1 Å². The molecule has 3 aliphatic rings. The monoisotopic (exact) mass is 368 g/mol. The van der Waals surface area contributed by atoms with Crippen molar-refractivity contribution >= 4 is 11.6 Å². The fourth-order valence-corrected chi connectivity index (χ4v) is 3.87. The molecule has 0 radical (unpaired) electrons. The summed E-state index contributed by atoms with van der Waals surface area (Å²) in [4.78, 5) is 4.50. The number of nitrogens with zero attached hydrogens (tertiary/aromatic N) is 1. The fraction of sp³-hybridized carbons (Fsp3) is 0.250. The molecule has 0 unspecified atom stereocenters. The van der Waals surface area contributed by atoms with E-state index in [-0.39, 0.29) is 24.1 Å². The Morgan fingerprint density at radius 3 is 2.81 bits per heavy atom. The summed E-state index contributed by atoms with van der Waals surface area (Å²) >= 11 is 0. The van der Waals surface area contributed by atoms with Gasteiger partial charge in [-0.05, 0) is 47.9 Å². The highest BCUT2D eigenvalue weighted by Crippen LogP contribution is 2.53. The first-order valence-electron chi connectivity index (χ1n) is 8.67. The van der Waals surface area contributed by atoms with E-state index in [1.54, 1.807) is 12.1 Å². The van der Waals surface area contributed by atoms with Crippen molar-refractivity contribution in [3.63, 3.8) is 0 Å². The van der Waals surface area contributed by atoms with Crippen LogP contribution in [0, 0.1) is 5.82 Å². The molecule has 138 valence electrons. The number of fused-ring (bicyclic) bond motifs is 4. The highest BCUT2D eigenvalue weighted by atomic mass is 19.1. The van der Waals surface area contributed by atoms with E-state index in [1.807, 2.05) is 12.1 Å². The zero-order valence-electron chi connectivity index (χ0n) is 14.4. The van der Waals surface area contributed by atoms with Gasteiger partial charge in [-0.15, -0.1) is 0 Å². The minimum atomic E-state index is -1.06. The summed E-state index contributed by atoms with van der Waals surface area (Å²) in [6.45, 7) is 1.20. The number of halogens is 1. The Labute approximate surface area is 154 Å². The fourth-order valence-electron chi connectivity index (χ4n) is 3.87. The van der Waals surface area contributed by atoms with Crippen LogP contribution in [0.15, 0.2) is 41.4 Å². The maximum Gasteiger partial charge on any atom is 0.283 e. The summed E-state index contributed by atoms with van der Waals surface area (Å²) in [6.07, 6.45) is 2.65. The average Bonchev–Trinajstić information content (AvgIpc) is 3.06. The molecule has 0 bridgehead atoms. The molecule has 6 nitrogen and oxygen atoms in total. The van der Waals surface area contributed by atoms with Gasteiger partial charge in [0.05, 0.1) is 13.2 Å². The highest BCUT2D eigenvalue weighted by Gasteiger charge is 2.48. The minimum absolute atomic E-state index is 0.0215. The Morgan fingerprint density at radius 1 is 1.19 bits per heavy atom. The van der Waals surface area contributed by atoms with E-state index >= 15 is 4.39 Å². The van der Waals surface area contributed by atoms with E-state index in [9.17, 15) is 5.11 Å². The van der Waals surface area contributed by atoms with Crippen LogP contribution in [0.2, 0.25) is 0 Å². The van der Waals surface area contributed by atoms with Gasteiger partial charge in [-0.25, -0.2) is 9.38 Å². The molecular weight excluding hydrogens is 351 g/mol. The minimum Gasteiger partial charge on any atom is -0.508 e. The van der Waals surface area contributed by atoms with Crippen LogP contribution >= 0.6 is 0 Å². The molecule has 3 heterocycles. The Balaban J connectivity index is 1.76. The molecule has 5 rings (SSSR count). The standard InChI is InChI=1S/C20H17FN2O4/c21-16-8-12(11-3-5-25-6-4-11)7-15-18(16)27-17-2-1-13(24)9-14(17)20(15)10-26-19(22)23-20/h1-3,7-9,24H,4-6,10H2,(H2,22,23)/t20-/m0/s1. The van der Waals surface area contributed by atoms with Gasteiger partial charge in [0.1, 0.15) is 18.1 Å². The van der Waals surface area contributed by atoms with Gasteiger partial charge in [0.25, 0.3) is 6.02 Å². The number of phenols is 1. The molecule has 7 heteroatoms. The molecule has 2 aromatic carbocycles. The van der Waals surface area contributed by atoms with E-state index in [4.69, 9.17) is 19.9 Å². The third kappa shape index (κ3) is 2.39. The number of hydrogen-bond acceptors (Lipinski definition) is 6. The Hall–Kier alpha value is -3.06. The van der Waals surface area contributed by atoms with Crippen molar-refractivity contribution in [3.05, 3.63) is 58.9 Å². The Bertz CT molecular complexity index is 1020. The smallest absolute Gasteiger partial charge is 0.283 e. The molecule has 0 aromatic heterocycles.